The molecule has 2 aromatic rings. The van der Waals surface area contributed by atoms with Gasteiger partial charge in [0.1, 0.15) is 0 Å². The van der Waals surface area contributed by atoms with Crippen molar-refractivity contribution in [3.05, 3.63) is 65.5 Å². The SMILES string of the molecule is CCCCCCCCCCCCc1cc(CCCCCCCCCCCC)c[n+](Cc2ccccc2)c1. The summed E-state index contributed by atoms with van der Waals surface area (Å²) in [4.78, 5) is 0. The normalized spacial score (nSPS) is 11.3. The van der Waals surface area contributed by atoms with Crippen LogP contribution in [0, 0.1) is 0 Å². The molecule has 0 atom stereocenters. The van der Waals surface area contributed by atoms with Gasteiger partial charge in [0.25, 0.3) is 0 Å². The smallest absolute Gasteiger partial charge is 0.173 e. The summed E-state index contributed by atoms with van der Waals surface area (Å²) >= 11 is 0. The van der Waals surface area contributed by atoms with Gasteiger partial charge in [0, 0.05) is 16.7 Å². The Morgan fingerprint density at radius 2 is 0.811 bits per heavy atom. The van der Waals surface area contributed by atoms with E-state index in [1.165, 1.54) is 147 Å². The monoisotopic (exact) mass is 506 g/mol. The molecule has 0 bridgehead atoms. The lowest BCUT2D eigenvalue weighted by atomic mass is 10.0. The molecule has 1 nitrogen and oxygen atoms in total. The summed E-state index contributed by atoms with van der Waals surface area (Å²) in [5.41, 5.74) is 4.48. The van der Waals surface area contributed by atoms with Crippen LogP contribution in [0.25, 0.3) is 0 Å². The quantitative estimate of drug-likeness (QED) is 0.0984. The minimum Gasteiger partial charge on any atom is -0.200 e. The van der Waals surface area contributed by atoms with Crippen LogP contribution in [-0.2, 0) is 19.4 Å². The van der Waals surface area contributed by atoms with Crippen LogP contribution < -0.4 is 4.57 Å². The van der Waals surface area contributed by atoms with Crippen LogP contribution in [0.3, 0.4) is 0 Å². The number of hydrogen-bond acceptors (Lipinski definition) is 0. The average molecular weight is 507 g/mol. The lowest BCUT2D eigenvalue weighted by molar-refractivity contribution is -0.689. The van der Waals surface area contributed by atoms with E-state index in [4.69, 9.17) is 0 Å². The summed E-state index contributed by atoms with van der Waals surface area (Å²) in [7, 11) is 0. The van der Waals surface area contributed by atoms with E-state index in [9.17, 15) is 0 Å². The zero-order valence-corrected chi connectivity index (χ0v) is 24.8. The molecule has 0 radical (unpaired) electrons. The molecule has 1 heterocycles. The van der Waals surface area contributed by atoms with Gasteiger partial charge in [-0.2, -0.15) is 0 Å². The van der Waals surface area contributed by atoms with Crippen molar-refractivity contribution in [3.63, 3.8) is 0 Å². The number of unbranched alkanes of at least 4 members (excludes halogenated alkanes) is 18. The van der Waals surface area contributed by atoms with E-state index >= 15 is 0 Å². The van der Waals surface area contributed by atoms with Crippen LogP contribution in [0.15, 0.2) is 48.8 Å². The summed E-state index contributed by atoms with van der Waals surface area (Å²) < 4.78 is 2.45. The highest BCUT2D eigenvalue weighted by molar-refractivity contribution is 5.17. The maximum absolute atomic E-state index is 2.52. The van der Waals surface area contributed by atoms with Crippen molar-refractivity contribution in [3.8, 4) is 0 Å². The fraction of sp³-hybridized carbons (Fsp3) is 0.694. The van der Waals surface area contributed by atoms with E-state index in [1.807, 2.05) is 0 Å². The second-order valence-electron chi connectivity index (χ2n) is 11.6. The number of pyridine rings is 1. The Kier molecular flexibility index (Phi) is 19.1. The second-order valence-corrected chi connectivity index (χ2v) is 11.6. The highest BCUT2D eigenvalue weighted by Crippen LogP contribution is 2.15. The number of aromatic nitrogens is 1. The van der Waals surface area contributed by atoms with Gasteiger partial charge in [0.15, 0.2) is 18.9 Å². The van der Waals surface area contributed by atoms with Gasteiger partial charge in [-0.1, -0.05) is 160 Å². The predicted octanol–water partition coefficient (Wildman–Crippen LogP) is 10.9. The van der Waals surface area contributed by atoms with Crippen molar-refractivity contribution in [1.82, 2.24) is 0 Å². The van der Waals surface area contributed by atoms with Gasteiger partial charge in [-0.15, -0.1) is 0 Å². The molecule has 0 amide bonds. The topological polar surface area (TPSA) is 3.88 Å². The van der Waals surface area contributed by atoms with Crippen LogP contribution in [0.1, 0.15) is 159 Å². The molecular formula is C36H60N+. The Hall–Kier alpha value is -1.63. The van der Waals surface area contributed by atoms with Gasteiger partial charge in [-0.05, 0) is 31.7 Å². The summed E-state index contributed by atoms with van der Waals surface area (Å²) in [5.74, 6) is 0. The minimum atomic E-state index is 0.984. The van der Waals surface area contributed by atoms with Gasteiger partial charge in [-0.3, -0.25) is 0 Å². The summed E-state index contributed by atoms with van der Waals surface area (Å²) in [6.07, 6.45) is 35.5. The first-order valence-electron chi connectivity index (χ1n) is 16.4. The second kappa shape index (κ2) is 22.4. The first-order chi connectivity index (χ1) is 18.3. The third kappa shape index (κ3) is 16.7. The number of hydrogen-bond donors (Lipinski definition) is 0. The molecule has 37 heavy (non-hydrogen) atoms. The Morgan fingerprint density at radius 1 is 0.432 bits per heavy atom. The molecule has 0 saturated carbocycles. The molecule has 0 aliphatic carbocycles. The van der Waals surface area contributed by atoms with Crippen molar-refractivity contribution in [2.45, 2.75) is 162 Å². The van der Waals surface area contributed by atoms with Crippen LogP contribution in [0.2, 0.25) is 0 Å². The number of nitrogens with zero attached hydrogens (tertiary/aromatic N) is 1. The van der Waals surface area contributed by atoms with E-state index < -0.39 is 0 Å². The van der Waals surface area contributed by atoms with Crippen molar-refractivity contribution >= 4 is 0 Å². The van der Waals surface area contributed by atoms with E-state index in [-0.39, 0.29) is 0 Å². The molecule has 0 saturated heterocycles. The Labute approximate surface area is 231 Å². The van der Waals surface area contributed by atoms with Crippen LogP contribution in [0.5, 0.6) is 0 Å². The van der Waals surface area contributed by atoms with Crippen LogP contribution in [0.4, 0.5) is 0 Å². The van der Waals surface area contributed by atoms with Gasteiger partial charge in [-0.25, -0.2) is 4.57 Å². The van der Waals surface area contributed by atoms with E-state index in [0.29, 0.717) is 0 Å². The molecule has 0 spiro atoms. The van der Waals surface area contributed by atoms with Crippen LogP contribution in [-0.4, -0.2) is 0 Å². The van der Waals surface area contributed by atoms with Gasteiger partial charge in [0.2, 0.25) is 0 Å². The average Bonchev–Trinajstić information content (AvgIpc) is 2.91. The fourth-order valence-corrected chi connectivity index (χ4v) is 5.57. The van der Waals surface area contributed by atoms with Gasteiger partial charge in [0.05, 0.1) is 0 Å². The van der Waals surface area contributed by atoms with E-state index in [2.05, 4.69) is 67.2 Å². The Balaban J connectivity index is 1.72. The molecule has 2 rings (SSSR count). The van der Waals surface area contributed by atoms with E-state index in [0.717, 1.165) is 6.54 Å². The molecule has 0 aliphatic heterocycles. The van der Waals surface area contributed by atoms with Gasteiger partial charge >= 0.3 is 0 Å². The Morgan fingerprint density at radius 3 is 1.22 bits per heavy atom. The maximum Gasteiger partial charge on any atom is 0.173 e. The van der Waals surface area contributed by atoms with Crippen molar-refractivity contribution < 1.29 is 4.57 Å². The molecule has 1 heteroatoms. The maximum atomic E-state index is 2.52. The zero-order valence-electron chi connectivity index (χ0n) is 24.8. The van der Waals surface area contributed by atoms with Crippen molar-refractivity contribution in [2.75, 3.05) is 0 Å². The molecule has 0 aliphatic rings. The minimum absolute atomic E-state index is 0.984. The van der Waals surface area contributed by atoms with Gasteiger partial charge < -0.3 is 0 Å². The number of aryl methyl sites for hydroxylation is 2. The zero-order chi connectivity index (χ0) is 26.2. The predicted molar refractivity (Wildman–Crippen MR) is 163 cm³/mol. The molecule has 208 valence electrons. The highest BCUT2D eigenvalue weighted by atomic mass is 14.9. The number of rotatable bonds is 24. The first-order valence-corrected chi connectivity index (χ1v) is 16.4. The molecule has 0 fully saturated rings. The highest BCUT2D eigenvalue weighted by Gasteiger charge is 2.09. The van der Waals surface area contributed by atoms with E-state index in [1.54, 1.807) is 11.1 Å². The molecule has 0 unspecified atom stereocenters. The number of benzene rings is 1. The third-order valence-electron chi connectivity index (χ3n) is 7.88. The largest absolute Gasteiger partial charge is 0.200 e. The lowest BCUT2D eigenvalue weighted by Crippen LogP contribution is -2.35. The molecular weight excluding hydrogens is 446 g/mol. The summed E-state index contributed by atoms with van der Waals surface area (Å²) in [6.45, 7) is 5.59. The summed E-state index contributed by atoms with van der Waals surface area (Å²) in [5, 5.41) is 0. The van der Waals surface area contributed by atoms with Crippen molar-refractivity contribution in [2.24, 2.45) is 0 Å². The third-order valence-corrected chi connectivity index (χ3v) is 7.88. The van der Waals surface area contributed by atoms with Crippen molar-refractivity contribution in [1.29, 1.82) is 0 Å². The van der Waals surface area contributed by atoms with Crippen LogP contribution >= 0.6 is 0 Å². The lowest BCUT2D eigenvalue weighted by Gasteiger charge is -2.07. The summed E-state index contributed by atoms with van der Waals surface area (Å²) in [6, 6.07) is 13.5. The molecule has 1 aromatic carbocycles. The molecule has 0 N–H and O–H groups in total. The fourth-order valence-electron chi connectivity index (χ4n) is 5.57. The first kappa shape index (κ1) is 31.6. The standard InChI is InChI=1S/C36H60N/c1-3-5-7-9-11-13-15-17-19-22-28-35-30-36(29-23-20-18-16-14-12-10-8-6-4-2)33-37(32-35)31-34-26-24-21-25-27-34/h21,24-27,30,32-33H,3-20,22-23,28-29,31H2,1-2H3/q+1. The molecule has 1 aromatic heterocycles. The Bertz CT molecular complexity index is 723.